The average molecular weight is 933 g/mol. The Kier molecular flexibility index (Phi) is 8.44. The molecule has 3 heterocycles. The lowest BCUT2D eigenvalue weighted by molar-refractivity contribution is 0.525. The molecule has 0 N–H and O–H groups in total. The van der Waals surface area contributed by atoms with E-state index in [2.05, 4.69) is 232 Å². The molecule has 4 nitrogen and oxygen atoms in total. The second-order valence-corrected chi connectivity index (χ2v) is 21.8. The Morgan fingerprint density at radius 2 is 1.14 bits per heavy atom. The number of fused-ring (bicyclic) bond motifs is 15. The molecule has 3 aliphatic carbocycles. The number of hydrogen-bond acceptors (Lipinski definition) is 5. The lowest BCUT2D eigenvalue weighted by Gasteiger charge is -2.30. The summed E-state index contributed by atoms with van der Waals surface area (Å²) in [4.78, 5) is 4.80. The van der Waals surface area contributed by atoms with E-state index in [1.54, 1.807) is 5.57 Å². The molecule has 0 radical (unpaired) electrons. The van der Waals surface area contributed by atoms with Gasteiger partial charge >= 0.3 is 0 Å². The van der Waals surface area contributed by atoms with Crippen molar-refractivity contribution in [1.82, 2.24) is 0 Å². The summed E-state index contributed by atoms with van der Waals surface area (Å²) in [5.41, 5.74) is 18.7. The van der Waals surface area contributed by atoms with Crippen molar-refractivity contribution in [2.45, 2.75) is 51.4 Å². The highest BCUT2D eigenvalue weighted by molar-refractivity contribution is 7.25. The first-order valence-corrected chi connectivity index (χ1v) is 25.7. The maximum Gasteiger partial charge on any atom is 0.299 e. The van der Waals surface area contributed by atoms with Gasteiger partial charge in [-0.25, -0.2) is 0 Å². The predicted octanol–water partition coefficient (Wildman–Crippen LogP) is 19.5. The standard InChI is InChI=1S/C66H48N2O2S/c1-65(2)53-26-14-11-20-44(53)50-35-40(30-33-54(50)65)67(39-17-6-5-7-18-39)56-27-16-24-49-62-61-48-23-9-8-21-46(48)57(38-58(61)69-64(62)70-63(49)56)68(41-31-34-60-51(36-41)47-22-12-15-28-59(47)71-60)42-29-32-45-43-19-10-13-25-52(43)66(3,4)55(45)37-42/h5-12,14-24,26-38H,13,25H2,1-4H3. The van der Waals surface area contributed by atoms with Gasteiger partial charge in [-0.15, -0.1) is 11.3 Å². The highest BCUT2D eigenvalue weighted by atomic mass is 32.1. The fourth-order valence-corrected chi connectivity index (χ4v) is 13.9. The number of allylic oxidation sites excluding steroid dienone is 4. The number of nitrogens with zero attached hydrogens (tertiary/aromatic N) is 2. The Labute approximate surface area is 416 Å². The number of thiophene rings is 1. The van der Waals surface area contributed by atoms with E-state index in [9.17, 15) is 0 Å². The molecule has 0 saturated heterocycles. The van der Waals surface area contributed by atoms with Crippen LogP contribution in [-0.4, -0.2) is 0 Å². The van der Waals surface area contributed by atoms with Crippen LogP contribution in [0.1, 0.15) is 62.8 Å². The summed E-state index contributed by atoms with van der Waals surface area (Å²) in [7, 11) is 0. The Morgan fingerprint density at radius 3 is 2.03 bits per heavy atom. The van der Waals surface area contributed by atoms with Crippen LogP contribution in [0.5, 0.6) is 0 Å². The first kappa shape index (κ1) is 40.7. The van der Waals surface area contributed by atoms with Crippen molar-refractivity contribution < 1.29 is 8.83 Å². The third kappa shape index (κ3) is 5.72. The molecule has 0 saturated carbocycles. The lowest BCUT2D eigenvalue weighted by Crippen LogP contribution is -2.19. The molecule has 0 amide bonds. The molecule has 0 fully saturated rings. The van der Waals surface area contributed by atoms with Crippen LogP contribution in [0.15, 0.2) is 209 Å². The zero-order valence-electron chi connectivity index (χ0n) is 40.0. The largest absolute Gasteiger partial charge is 0.425 e. The van der Waals surface area contributed by atoms with Crippen LogP contribution in [-0.2, 0) is 10.8 Å². The Balaban J connectivity index is 0.941. The van der Waals surface area contributed by atoms with Crippen molar-refractivity contribution in [3.63, 3.8) is 0 Å². The van der Waals surface area contributed by atoms with Crippen molar-refractivity contribution in [2.24, 2.45) is 0 Å². The summed E-state index contributed by atoms with van der Waals surface area (Å²) in [6.07, 6.45) is 6.87. The van der Waals surface area contributed by atoms with E-state index in [0.29, 0.717) is 5.78 Å². The summed E-state index contributed by atoms with van der Waals surface area (Å²) < 4.78 is 16.7. The molecule has 15 rings (SSSR count). The van der Waals surface area contributed by atoms with Crippen molar-refractivity contribution in [3.05, 3.63) is 222 Å². The predicted molar refractivity (Wildman–Crippen MR) is 299 cm³/mol. The fraction of sp³-hybridized carbons (Fsp3) is 0.121. The highest BCUT2D eigenvalue weighted by Crippen LogP contribution is 2.55. The van der Waals surface area contributed by atoms with Crippen LogP contribution in [0.3, 0.4) is 0 Å². The SMILES string of the molecule is CC1(C)C2=C(C=CCC2)c2ccc(N(c3ccc4sc5ccccc5c4c3)c3cc4oc5oc6c(N(c7ccccc7)c7ccc8c(c7)-c7ccccc7C8(C)C)cccc6c5c4c4ccccc34)cc21. The maximum atomic E-state index is 7.06. The van der Waals surface area contributed by atoms with E-state index in [0.717, 1.165) is 85.1 Å². The molecule has 12 aromatic rings. The smallest absolute Gasteiger partial charge is 0.299 e. The van der Waals surface area contributed by atoms with E-state index < -0.39 is 0 Å². The fourth-order valence-electron chi connectivity index (χ4n) is 12.8. The molecular formula is C66H48N2O2S. The molecule has 0 unspecified atom stereocenters. The average Bonchev–Trinajstić information content (AvgIpc) is 4.18. The normalized spacial score (nSPS) is 15.3. The third-order valence-corrected chi connectivity index (χ3v) is 17.3. The van der Waals surface area contributed by atoms with Gasteiger partial charge in [-0.3, -0.25) is 0 Å². The van der Waals surface area contributed by atoms with Crippen LogP contribution in [0.2, 0.25) is 0 Å². The topological polar surface area (TPSA) is 32.8 Å². The monoisotopic (exact) mass is 932 g/mol. The van der Waals surface area contributed by atoms with E-state index >= 15 is 0 Å². The van der Waals surface area contributed by atoms with Crippen molar-refractivity contribution in [3.8, 4) is 11.1 Å². The minimum absolute atomic E-state index is 0.0823. The van der Waals surface area contributed by atoms with Gasteiger partial charge in [0.1, 0.15) is 5.58 Å². The molecule has 0 spiro atoms. The number of benzene rings is 9. The number of anilines is 6. The van der Waals surface area contributed by atoms with E-state index in [-0.39, 0.29) is 10.8 Å². The molecular weight excluding hydrogens is 885 g/mol. The Hall–Kier alpha value is -8.12. The second-order valence-electron chi connectivity index (χ2n) is 20.7. The number of furan rings is 2. The zero-order valence-corrected chi connectivity index (χ0v) is 40.8. The summed E-state index contributed by atoms with van der Waals surface area (Å²) in [6.45, 7) is 9.48. The van der Waals surface area contributed by atoms with E-state index in [4.69, 9.17) is 8.83 Å². The van der Waals surface area contributed by atoms with Gasteiger partial charge < -0.3 is 18.6 Å². The molecule has 340 valence electrons. The van der Waals surface area contributed by atoms with Gasteiger partial charge in [-0.05, 0) is 124 Å². The zero-order chi connectivity index (χ0) is 47.3. The molecule has 71 heavy (non-hydrogen) atoms. The first-order valence-electron chi connectivity index (χ1n) is 24.9. The quantitative estimate of drug-likeness (QED) is 0.166. The highest BCUT2D eigenvalue weighted by Gasteiger charge is 2.39. The molecule has 0 bridgehead atoms. The minimum Gasteiger partial charge on any atom is -0.425 e. The minimum atomic E-state index is -0.0897. The van der Waals surface area contributed by atoms with Crippen molar-refractivity contribution in [1.29, 1.82) is 0 Å². The lowest BCUT2D eigenvalue weighted by atomic mass is 9.78. The molecule has 0 atom stereocenters. The van der Waals surface area contributed by atoms with Crippen LogP contribution in [0.4, 0.5) is 34.1 Å². The van der Waals surface area contributed by atoms with Crippen molar-refractivity contribution in [2.75, 3.05) is 9.80 Å². The number of para-hydroxylation sites is 2. The van der Waals surface area contributed by atoms with Crippen molar-refractivity contribution >= 4 is 115 Å². The second kappa shape index (κ2) is 14.7. The van der Waals surface area contributed by atoms with E-state index in [1.807, 2.05) is 11.3 Å². The van der Waals surface area contributed by atoms with Gasteiger partial charge in [0.05, 0.1) is 16.8 Å². The molecule has 3 aromatic heterocycles. The summed E-state index contributed by atoms with van der Waals surface area (Å²) >= 11 is 1.85. The van der Waals surface area contributed by atoms with Gasteiger partial charge in [0.2, 0.25) is 0 Å². The first-order chi connectivity index (χ1) is 34.7. The van der Waals surface area contributed by atoms with Crippen LogP contribution >= 0.6 is 11.3 Å². The van der Waals surface area contributed by atoms with Crippen LogP contribution < -0.4 is 9.80 Å². The number of rotatable bonds is 6. The Bertz CT molecular complexity index is 4310. The van der Waals surface area contributed by atoms with Gasteiger partial charge in [0.25, 0.3) is 5.78 Å². The summed E-state index contributed by atoms with van der Waals surface area (Å²) in [5.74, 6) is 0.518. The van der Waals surface area contributed by atoms with E-state index in [1.165, 1.54) is 59.1 Å². The number of hydrogen-bond donors (Lipinski definition) is 0. The summed E-state index contributed by atoms with van der Waals surface area (Å²) in [5, 5.41) is 7.84. The van der Waals surface area contributed by atoms with Gasteiger partial charge in [0, 0.05) is 76.0 Å². The van der Waals surface area contributed by atoms with Gasteiger partial charge in [-0.1, -0.05) is 155 Å². The maximum absolute atomic E-state index is 7.06. The molecule has 3 aliphatic rings. The molecule has 5 heteroatoms. The van der Waals surface area contributed by atoms with Gasteiger partial charge in [-0.2, -0.15) is 0 Å². The molecule has 9 aromatic carbocycles. The van der Waals surface area contributed by atoms with Gasteiger partial charge in [0.15, 0.2) is 5.58 Å². The summed E-state index contributed by atoms with van der Waals surface area (Å²) in [6, 6.07) is 67.0. The molecule has 0 aliphatic heterocycles. The van der Waals surface area contributed by atoms with Crippen LogP contribution in [0.25, 0.3) is 80.7 Å². The Morgan fingerprint density at radius 1 is 0.451 bits per heavy atom. The van der Waals surface area contributed by atoms with Crippen LogP contribution in [0, 0.1) is 0 Å². The third-order valence-electron chi connectivity index (χ3n) is 16.2.